The molecule has 0 fully saturated rings. The molecule has 0 radical (unpaired) electrons. The summed E-state index contributed by atoms with van der Waals surface area (Å²) in [6, 6.07) is 8.07. The Morgan fingerprint density at radius 3 is 2.81 bits per heavy atom. The minimum atomic E-state index is -0.428. The molecule has 0 saturated heterocycles. The molecular formula is C22H23ClFN3O4. The zero-order valence-electron chi connectivity index (χ0n) is 17.0. The van der Waals surface area contributed by atoms with Gasteiger partial charge in [0.05, 0.1) is 35.1 Å². The van der Waals surface area contributed by atoms with Crippen molar-refractivity contribution in [2.24, 2.45) is 5.73 Å². The van der Waals surface area contributed by atoms with Crippen molar-refractivity contribution in [3.63, 3.8) is 0 Å². The second-order valence-electron chi connectivity index (χ2n) is 6.66. The molecule has 0 atom stereocenters. The summed E-state index contributed by atoms with van der Waals surface area (Å²) in [5.41, 5.74) is 8.69. The number of methoxy groups -OCH3 is 1. The normalized spacial score (nSPS) is 10.8. The van der Waals surface area contributed by atoms with E-state index in [2.05, 4.69) is 10.3 Å². The highest BCUT2D eigenvalue weighted by Crippen LogP contribution is 2.36. The van der Waals surface area contributed by atoms with Crippen LogP contribution >= 0.6 is 11.6 Å². The number of ether oxygens (including phenoxy) is 3. The van der Waals surface area contributed by atoms with Gasteiger partial charge in [0, 0.05) is 37.7 Å². The van der Waals surface area contributed by atoms with Gasteiger partial charge in [-0.2, -0.15) is 0 Å². The Labute approximate surface area is 184 Å². The monoisotopic (exact) mass is 447 g/mol. The van der Waals surface area contributed by atoms with Crippen LogP contribution in [0.5, 0.6) is 5.75 Å². The van der Waals surface area contributed by atoms with Gasteiger partial charge >= 0.3 is 0 Å². The highest BCUT2D eigenvalue weighted by Gasteiger charge is 2.15. The highest BCUT2D eigenvalue weighted by atomic mass is 35.5. The average Bonchev–Trinajstić information content (AvgIpc) is 2.77. The van der Waals surface area contributed by atoms with Gasteiger partial charge in [-0.05, 0) is 29.3 Å². The molecule has 0 amide bonds. The first-order valence-electron chi connectivity index (χ1n) is 9.61. The predicted molar refractivity (Wildman–Crippen MR) is 117 cm³/mol. The van der Waals surface area contributed by atoms with Gasteiger partial charge in [0.25, 0.3) is 6.47 Å². The summed E-state index contributed by atoms with van der Waals surface area (Å²) in [5, 5.41) is 4.20. The number of halogens is 2. The molecule has 0 aliphatic heterocycles. The second-order valence-corrected chi connectivity index (χ2v) is 7.07. The van der Waals surface area contributed by atoms with E-state index in [1.165, 1.54) is 6.07 Å². The van der Waals surface area contributed by atoms with Crippen molar-refractivity contribution in [2.75, 3.05) is 32.2 Å². The SMILES string of the molecule is COCCOc1cc2ncc(CCOC=O)c(Nc3cc(CN)ccc3F)c2cc1Cl. The molecule has 0 aliphatic carbocycles. The van der Waals surface area contributed by atoms with Crippen molar-refractivity contribution < 1.29 is 23.4 Å². The number of anilines is 2. The lowest BCUT2D eigenvalue weighted by Crippen LogP contribution is -2.06. The van der Waals surface area contributed by atoms with E-state index >= 15 is 0 Å². The van der Waals surface area contributed by atoms with E-state index in [9.17, 15) is 9.18 Å². The smallest absolute Gasteiger partial charge is 0.293 e. The van der Waals surface area contributed by atoms with Gasteiger partial charge in [0.1, 0.15) is 18.2 Å². The number of hydrogen-bond acceptors (Lipinski definition) is 7. The van der Waals surface area contributed by atoms with Gasteiger partial charge in [0.15, 0.2) is 0 Å². The van der Waals surface area contributed by atoms with Crippen LogP contribution in [0.4, 0.5) is 15.8 Å². The van der Waals surface area contributed by atoms with Gasteiger partial charge in [-0.1, -0.05) is 17.7 Å². The number of fused-ring (bicyclic) bond motifs is 1. The first-order valence-corrected chi connectivity index (χ1v) is 9.98. The molecule has 31 heavy (non-hydrogen) atoms. The summed E-state index contributed by atoms with van der Waals surface area (Å²) < 4.78 is 30.0. The van der Waals surface area contributed by atoms with E-state index in [0.29, 0.717) is 53.5 Å². The predicted octanol–water partition coefficient (Wildman–Crippen LogP) is 3.97. The number of hydrogen-bond donors (Lipinski definition) is 2. The standard InChI is InChI=1S/C22H23ClFN3O4/c1-29-6-7-31-21-10-19-16(9-17(21)23)22(15(12-26-19)4-5-30-13-28)27-20-8-14(11-25)2-3-18(20)24/h2-3,8-10,12-13H,4-7,11,25H2,1H3,(H,26,27). The lowest BCUT2D eigenvalue weighted by Gasteiger charge is -2.17. The molecule has 2 aromatic carbocycles. The molecule has 0 unspecified atom stereocenters. The van der Waals surface area contributed by atoms with Crippen molar-refractivity contribution in [2.45, 2.75) is 13.0 Å². The second kappa shape index (κ2) is 10.9. The maximum absolute atomic E-state index is 14.5. The van der Waals surface area contributed by atoms with Gasteiger partial charge in [0.2, 0.25) is 0 Å². The van der Waals surface area contributed by atoms with Crippen molar-refractivity contribution in [1.29, 1.82) is 0 Å². The number of benzene rings is 2. The minimum Gasteiger partial charge on any atom is -0.490 e. The molecule has 0 spiro atoms. The van der Waals surface area contributed by atoms with Crippen molar-refractivity contribution in [1.82, 2.24) is 4.98 Å². The number of nitrogens with zero attached hydrogens (tertiary/aromatic N) is 1. The maximum atomic E-state index is 14.5. The first-order chi connectivity index (χ1) is 15.1. The third-order valence-corrected chi connectivity index (χ3v) is 4.92. The van der Waals surface area contributed by atoms with E-state index in [0.717, 1.165) is 11.1 Å². The average molecular weight is 448 g/mol. The lowest BCUT2D eigenvalue weighted by molar-refractivity contribution is -0.128. The number of rotatable bonds is 11. The third-order valence-electron chi connectivity index (χ3n) is 4.63. The van der Waals surface area contributed by atoms with Crippen LogP contribution < -0.4 is 15.8 Å². The molecule has 164 valence electrons. The molecule has 0 bridgehead atoms. The van der Waals surface area contributed by atoms with Crippen LogP contribution in [0.1, 0.15) is 11.1 Å². The molecule has 1 heterocycles. The van der Waals surface area contributed by atoms with Gasteiger partial charge in [-0.3, -0.25) is 9.78 Å². The van der Waals surface area contributed by atoms with Crippen LogP contribution in [0, 0.1) is 5.82 Å². The van der Waals surface area contributed by atoms with Crippen LogP contribution in [0.25, 0.3) is 10.9 Å². The van der Waals surface area contributed by atoms with E-state index < -0.39 is 5.82 Å². The molecule has 3 rings (SSSR count). The number of carbonyl (C=O) groups excluding carboxylic acids is 1. The molecule has 3 aromatic rings. The summed E-state index contributed by atoms with van der Waals surface area (Å²) in [6.07, 6.45) is 2.03. The molecule has 3 N–H and O–H groups in total. The van der Waals surface area contributed by atoms with Crippen molar-refractivity contribution in [3.05, 3.63) is 58.5 Å². The number of pyridine rings is 1. The first kappa shape index (κ1) is 22.7. The van der Waals surface area contributed by atoms with Crippen LogP contribution in [0.2, 0.25) is 5.02 Å². The number of aromatic nitrogens is 1. The number of nitrogens with two attached hydrogens (primary N) is 1. The summed E-state index contributed by atoms with van der Waals surface area (Å²) in [5.74, 6) is 0.0425. The fourth-order valence-corrected chi connectivity index (χ4v) is 3.28. The van der Waals surface area contributed by atoms with Gasteiger partial charge in [-0.25, -0.2) is 4.39 Å². The molecule has 1 aromatic heterocycles. The largest absolute Gasteiger partial charge is 0.490 e. The van der Waals surface area contributed by atoms with Crippen LogP contribution in [-0.2, 0) is 27.2 Å². The van der Waals surface area contributed by atoms with Crippen LogP contribution in [0.15, 0.2) is 36.5 Å². The minimum absolute atomic E-state index is 0.155. The van der Waals surface area contributed by atoms with Gasteiger partial charge < -0.3 is 25.3 Å². The van der Waals surface area contributed by atoms with E-state index in [-0.39, 0.29) is 18.8 Å². The van der Waals surface area contributed by atoms with Crippen LogP contribution in [0.3, 0.4) is 0 Å². The Bertz CT molecular complexity index is 1060. The Kier molecular flexibility index (Phi) is 8.00. The Balaban J connectivity index is 2.06. The van der Waals surface area contributed by atoms with Gasteiger partial charge in [-0.15, -0.1) is 0 Å². The fraction of sp³-hybridized carbons (Fsp3) is 0.273. The number of nitrogens with one attached hydrogen (secondary N) is 1. The van der Waals surface area contributed by atoms with E-state index in [1.807, 2.05) is 0 Å². The molecular weight excluding hydrogens is 425 g/mol. The summed E-state index contributed by atoms with van der Waals surface area (Å²) in [6.45, 7) is 1.57. The van der Waals surface area contributed by atoms with E-state index in [1.54, 1.807) is 37.6 Å². The van der Waals surface area contributed by atoms with Crippen molar-refractivity contribution >= 4 is 40.4 Å². The topological polar surface area (TPSA) is 95.7 Å². The third kappa shape index (κ3) is 5.61. The zero-order chi connectivity index (χ0) is 22.2. The quantitative estimate of drug-likeness (QED) is 0.339. The fourth-order valence-electron chi connectivity index (χ4n) is 3.06. The highest BCUT2D eigenvalue weighted by molar-refractivity contribution is 6.33. The van der Waals surface area contributed by atoms with Crippen LogP contribution in [-0.4, -0.2) is 38.4 Å². The molecule has 0 saturated carbocycles. The summed E-state index contributed by atoms with van der Waals surface area (Å²) in [4.78, 5) is 15.0. The Morgan fingerprint density at radius 2 is 2.06 bits per heavy atom. The molecule has 9 heteroatoms. The summed E-state index contributed by atoms with van der Waals surface area (Å²) >= 11 is 6.43. The summed E-state index contributed by atoms with van der Waals surface area (Å²) in [7, 11) is 1.58. The Morgan fingerprint density at radius 1 is 1.23 bits per heavy atom. The van der Waals surface area contributed by atoms with E-state index in [4.69, 9.17) is 31.5 Å². The van der Waals surface area contributed by atoms with Crippen molar-refractivity contribution in [3.8, 4) is 5.75 Å². The number of carbonyl (C=O) groups is 1. The lowest BCUT2D eigenvalue weighted by atomic mass is 10.1. The zero-order valence-corrected chi connectivity index (χ0v) is 17.7. The Hall–Kier alpha value is -2.94. The maximum Gasteiger partial charge on any atom is 0.293 e. The molecule has 7 nitrogen and oxygen atoms in total. The molecule has 0 aliphatic rings.